The summed E-state index contributed by atoms with van der Waals surface area (Å²) in [5, 5.41) is 14.3. The Morgan fingerprint density at radius 1 is 1.30 bits per heavy atom. The lowest BCUT2D eigenvalue weighted by Gasteiger charge is -2.47. The Morgan fingerprint density at radius 2 is 1.83 bits per heavy atom. The third kappa shape index (κ3) is 2.75. The molecule has 6 atom stereocenters. The molecule has 0 saturated carbocycles. The van der Waals surface area contributed by atoms with Crippen molar-refractivity contribution in [3.63, 3.8) is 0 Å². The summed E-state index contributed by atoms with van der Waals surface area (Å²) in [5.41, 5.74) is 1.46. The molecular formula is C17H33N3O3. The number of fused-ring (bicyclic) bond motifs is 1. The number of hydrogen-bond acceptors (Lipinski definition) is 4. The van der Waals surface area contributed by atoms with E-state index >= 15 is 0 Å². The standard InChI is InChI=1S/C17H33N3O3/c1-10-12(15(3,4)5)20(22)11(2)18-19-13(10)17(9,16(6,7)8)23-14(19)21/h10-13,18,20H,1-9H3/t10?,11?,12?,13?,17-/m0/s1/i11D. The predicted octanol–water partition coefficient (Wildman–Crippen LogP) is 1.91. The van der Waals surface area contributed by atoms with Gasteiger partial charge in [0.2, 0.25) is 0 Å². The van der Waals surface area contributed by atoms with Crippen LogP contribution >= 0.6 is 0 Å². The fraction of sp³-hybridized carbons (Fsp3) is 0.941. The third-order valence-electron chi connectivity index (χ3n) is 5.72. The van der Waals surface area contributed by atoms with Gasteiger partial charge < -0.3 is 15.0 Å². The Hall–Kier alpha value is -0.850. The van der Waals surface area contributed by atoms with E-state index in [4.69, 9.17) is 6.11 Å². The number of carbonyl (C=O) groups is 1. The number of nitrogens with zero attached hydrogens (tertiary/aromatic N) is 1. The zero-order valence-electron chi connectivity index (χ0n) is 16.9. The Kier molecular flexibility index (Phi) is 3.93. The number of amides is 1. The lowest BCUT2D eigenvalue weighted by Crippen LogP contribution is -3.18. The maximum atomic E-state index is 13.1. The van der Waals surface area contributed by atoms with Crippen molar-refractivity contribution in [1.29, 1.82) is 0 Å². The van der Waals surface area contributed by atoms with Crippen LogP contribution in [-0.4, -0.2) is 34.9 Å². The van der Waals surface area contributed by atoms with Gasteiger partial charge in [-0.2, -0.15) is 5.43 Å². The molecule has 2 N–H and O–H groups in total. The zero-order valence-corrected chi connectivity index (χ0v) is 15.9. The molecular weight excluding hydrogens is 294 g/mol. The molecule has 6 nitrogen and oxygen atoms in total. The molecule has 2 saturated heterocycles. The molecule has 0 aromatic rings. The molecule has 23 heavy (non-hydrogen) atoms. The van der Waals surface area contributed by atoms with Crippen molar-refractivity contribution in [3.8, 4) is 0 Å². The van der Waals surface area contributed by atoms with E-state index in [9.17, 15) is 10.0 Å². The third-order valence-corrected chi connectivity index (χ3v) is 5.72. The van der Waals surface area contributed by atoms with Gasteiger partial charge in [-0.1, -0.05) is 48.5 Å². The normalized spacial score (nSPS) is 46.1. The second-order valence-corrected chi connectivity index (χ2v) is 9.34. The van der Waals surface area contributed by atoms with Crippen LogP contribution in [0.2, 0.25) is 0 Å². The van der Waals surface area contributed by atoms with Gasteiger partial charge in [0, 0.05) is 23.7 Å². The van der Waals surface area contributed by atoms with Crippen LogP contribution in [0.1, 0.15) is 63.7 Å². The number of hydrogen-bond donors (Lipinski definition) is 2. The summed E-state index contributed by atoms with van der Waals surface area (Å²) < 4.78 is 14.3. The topological polar surface area (TPSA) is 69.1 Å². The summed E-state index contributed by atoms with van der Waals surface area (Å²) >= 11 is 0. The highest BCUT2D eigenvalue weighted by atomic mass is 16.6. The maximum Gasteiger partial charge on any atom is 0.425 e. The molecule has 134 valence electrons. The maximum absolute atomic E-state index is 13.1. The van der Waals surface area contributed by atoms with E-state index in [1.807, 2.05) is 55.4 Å². The first-order valence-electron chi connectivity index (χ1n) is 8.88. The van der Waals surface area contributed by atoms with Gasteiger partial charge in [0.1, 0.15) is 13.0 Å². The summed E-state index contributed by atoms with van der Waals surface area (Å²) in [6, 6.07) is -0.691. The molecule has 0 radical (unpaired) electrons. The van der Waals surface area contributed by atoms with Gasteiger partial charge in [0.15, 0.2) is 6.14 Å². The van der Waals surface area contributed by atoms with Crippen molar-refractivity contribution in [2.75, 3.05) is 0 Å². The van der Waals surface area contributed by atoms with Crippen LogP contribution in [0.25, 0.3) is 0 Å². The molecule has 0 aromatic heterocycles. The fourth-order valence-corrected chi connectivity index (χ4v) is 4.17. The summed E-state index contributed by atoms with van der Waals surface area (Å²) in [7, 11) is 0. The average Bonchev–Trinajstić information content (AvgIpc) is 2.53. The van der Waals surface area contributed by atoms with E-state index in [-0.39, 0.29) is 33.9 Å². The molecule has 5 unspecified atom stereocenters. The van der Waals surface area contributed by atoms with Crippen molar-refractivity contribution in [2.24, 2.45) is 16.7 Å². The zero-order chi connectivity index (χ0) is 18.9. The Bertz CT molecular complexity index is 526. The quantitative estimate of drug-likeness (QED) is 0.667. The van der Waals surface area contributed by atoms with E-state index in [1.165, 1.54) is 11.9 Å². The first-order chi connectivity index (χ1) is 10.5. The van der Waals surface area contributed by atoms with Crippen molar-refractivity contribution < 1.29 is 16.0 Å². The monoisotopic (exact) mass is 328 g/mol. The lowest BCUT2D eigenvalue weighted by atomic mass is 9.66. The van der Waals surface area contributed by atoms with Crippen molar-refractivity contribution in [1.82, 2.24) is 10.4 Å². The molecule has 2 aliphatic heterocycles. The summed E-state index contributed by atoms with van der Waals surface area (Å²) in [6.45, 7) is 17.6. The molecule has 2 rings (SSSR count). The van der Waals surface area contributed by atoms with Gasteiger partial charge in [-0.3, -0.25) is 0 Å². The largest absolute Gasteiger partial charge is 0.633 e. The Balaban J connectivity index is 2.63. The van der Waals surface area contributed by atoms with E-state index < -0.39 is 17.8 Å². The molecule has 0 aromatic carbocycles. The average molecular weight is 328 g/mol. The van der Waals surface area contributed by atoms with Gasteiger partial charge in [0.25, 0.3) is 0 Å². The minimum atomic E-state index is -1.57. The highest BCUT2D eigenvalue weighted by Gasteiger charge is 2.63. The van der Waals surface area contributed by atoms with Crippen LogP contribution in [0.5, 0.6) is 0 Å². The lowest BCUT2D eigenvalue weighted by molar-refractivity contribution is -0.913. The van der Waals surface area contributed by atoms with Crippen molar-refractivity contribution >= 4 is 6.09 Å². The van der Waals surface area contributed by atoms with Gasteiger partial charge in [-0.25, -0.2) is 9.80 Å². The number of cyclic esters (lactones) is 1. The van der Waals surface area contributed by atoms with Crippen LogP contribution in [0.15, 0.2) is 0 Å². The number of quaternary nitrogens is 1. The van der Waals surface area contributed by atoms with Gasteiger partial charge in [-0.15, -0.1) is 0 Å². The number of rotatable bonds is 0. The Morgan fingerprint density at radius 3 is 2.26 bits per heavy atom. The molecule has 6 heteroatoms. The van der Waals surface area contributed by atoms with Gasteiger partial charge in [-0.05, 0) is 6.92 Å². The van der Waals surface area contributed by atoms with Crippen molar-refractivity contribution in [2.45, 2.75) is 86.1 Å². The fourth-order valence-electron chi connectivity index (χ4n) is 4.17. The highest BCUT2D eigenvalue weighted by Crippen LogP contribution is 2.47. The second-order valence-electron chi connectivity index (χ2n) is 9.34. The number of nitrogens with one attached hydrogen (secondary N) is 2. The van der Waals surface area contributed by atoms with E-state index in [1.54, 1.807) is 0 Å². The Labute approximate surface area is 141 Å². The van der Waals surface area contributed by atoms with Crippen molar-refractivity contribution in [3.05, 3.63) is 5.21 Å². The highest BCUT2D eigenvalue weighted by molar-refractivity contribution is 5.71. The number of hydroxylamine groups is 2. The van der Waals surface area contributed by atoms with Crippen LogP contribution in [0.4, 0.5) is 4.79 Å². The predicted molar refractivity (Wildman–Crippen MR) is 89.3 cm³/mol. The summed E-state index contributed by atoms with van der Waals surface area (Å²) in [6.07, 6.45) is -2.08. The van der Waals surface area contributed by atoms with Crippen LogP contribution in [0, 0.1) is 22.0 Å². The molecule has 0 aliphatic carbocycles. The number of carbonyl (C=O) groups excluding carboxylic acids is 1. The summed E-state index contributed by atoms with van der Waals surface area (Å²) in [4.78, 5) is 12.6. The molecule has 2 aliphatic rings. The minimum absolute atomic E-state index is 0.146. The number of hydrazine groups is 1. The van der Waals surface area contributed by atoms with Crippen LogP contribution in [0.3, 0.4) is 0 Å². The van der Waals surface area contributed by atoms with Gasteiger partial charge >= 0.3 is 6.09 Å². The van der Waals surface area contributed by atoms with Crippen LogP contribution in [-0.2, 0) is 4.74 Å². The molecule has 1 amide bonds. The van der Waals surface area contributed by atoms with E-state index in [2.05, 4.69) is 5.43 Å². The molecule has 0 bridgehead atoms. The van der Waals surface area contributed by atoms with E-state index in [0.29, 0.717) is 0 Å². The molecule has 2 fully saturated rings. The minimum Gasteiger partial charge on any atom is -0.633 e. The second kappa shape index (κ2) is 5.33. The SMILES string of the molecule is [2H]C1(C)NN2C(=O)O[C@](C)(C(C)(C)C)C2C(C)C(C(C)(C)C)[NH+]1[O-]. The first kappa shape index (κ1) is 17.0. The molecule has 2 heterocycles. The van der Waals surface area contributed by atoms with E-state index in [0.717, 1.165) is 0 Å². The first-order valence-corrected chi connectivity index (χ1v) is 8.38. The van der Waals surface area contributed by atoms with Crippen LogP contribution < -0.4 is 10.5 Å². The smallest absolute Gasteiger partial charge is 0.425 e. The number of ether oxygens (including phenoxy) is 1. The summed E-state index contributed by atoms with van der Waals surface area (Å²) in [5.74, 6) is -0.146. The molecule has 0 spiro atoms. The van der Waals surface area contributed by atoms with Gasteiger partial charge in [0.05, 0.1) is 6.04 Å².